The van der Waals surface area contributed by atoms with Crippen molar-refractivity contribution in [2.24, 2.45) is 13.0 Å². The number of rotatable bonds is 7. The molecule has 2 aromatic heterocycles. The number of thiazole rings is 1. The molecular formula is C20H18F3N7O4S2. The molecule has 3 aromatic rings. The van der Waals surface area contributed by atoms with Crippen LogP contribution in [-0.4, -0.2) is 48.1 Å². The topological polar surface area (TPSA) is 152 Å². The molecular weight excluding hydrogens is 523 g/mol. The molecule has 0 bridgehead atoms. The number of carboxylic acids is 1. The van der Waals surface area contributed by atoms with Gasteiger partial charge in [-0.15, -0.1) is 5.10 Å². The summed E-state index contributed by atoms with van der Waals surface area (Å²) in [5.41, 5.74) is -1.66. The Morgan fingerprint density at radius 1 is 1.19 bits per heavy atom. The highest BCUT2D eigenvalue weighted by atomic mass is 32.2. The largest absolute Gasteiger partial charge is 0.476 e. The van der Waals surface area contributed by atoms with Gasteiger partial charge in [0, 0.05) is 18.5 Å². The van der Waals surface area contributed by atoms with E-state index in [1.807, 2.05) is 0 Å². The number of anilines is 2. The van der Waals surface area contributed by atoms with E-state index in [-0.39, 0.29) is 31.4 Å². The maximum Gasteiger partial charge on any atom is 0.416 e. The predicted octanol–water partition coefficient (Wildman–Crippen LogP) is 4.55. The minimum atomic E-state index is -4.66. The minimum Gasteiger partial charge on any atom is -0.476 e. The third kappa shape index (κ3) is 5.64. The lowest BCUT2D eigenvalue weighted by atomic mass is 9.93. The first kappa shape index (κ1) is 25.6. The quantitative estimate of drug-likeness (QED) is 0.366. The van der Waals surface area contributed by atoms with Crippen LogP contribution >= 0.6 is 23.1 Å². The number of amides is 2. The number of aromatic nitrogens is 5. The van der Waals surface area contributed by atoms with Crippen molar-refractivity contribution < 1.29 is 32.7 Å². The summed E-state index contributed by atoms with van der Waals surface area (Å²) in [7, 11) is 1.56. The number of Topliss-reactive ketones (excluding diaryl/α,β-unsaturated/α-hetero) is 1. The van der Waals surface area contributed by atoms with Crippen molar-refractivity contribution in [2.45, 2.75) is 41.2 Å². The highest BCUT2D eigenvalue weighted by Crippen LogP contribution is 2.37. The van der Waals surface area contributed by atoms with Crippen molar-refractivity contribution in [3.63, 3.8) is 0 Å². The summed E-state index contributed by atoms with van der Waals surface area (Å²) in [5.74, 6) is -2.22. The van der Waals surface area contributed by atoms with Gasteiger partial charge in [-0.2, -0.15) is 13.2 Å². The van der Waals surface area contributed by atoms with Crippen LogP contribution in [0.3, 0.4) is 0 Å². The molecule has 0 atom stereocenters. The van der Waals surface area contributed by atoms with Crippen molar-refractivity contribution in [2.75, 3.05) is 10.6 Å². The smallest absolute Gasteiger partial charge is 0.416 e. The molecule has 1 aliphatic carbocycles. The first-order chi connectivity index (χ1) is 17.0. The molecule has 36 heavy (non-hydrogen) atoms. The second-order valence-corrected chi connectivity index (χ2v) is 10.1. The van der Waals surface area contributed by atoms with Gasteiger partial charge in [-0.1, -0.05) is 24.2 Å². The number of carboxylic acid groups (broad SMARTS) is 1. The molecule has 0 unspecified atom stereocenters. The van der Waals surface area contributed by atoms with Crippen LogP contribution in [-0.2, 0) is 13.2 Å². The van der Waals surface area contributed by atoms with Gasteiger partial charge in [0.05, 0.1) is 11.3 Å². The van der Waals surface area contributed by atoms with Crippen LogP contribution < -0.4 is 10.6 Å². The van der Waals surface area contributed by atoms with Gasteiger partial charge in [0.2, 0.25) is 5.16 Å². The number of aromatic carboxylic acids is 1. The molecule has 1 aliphatic rings. The van der Waals surface area contributed by atoms with Crippen molar-refractivity contribution in [1.29, 1.82) is 0 Å². The van der Waals surface area contributed by atoms with E-state index in [1.165, 1.54) is 4.68 Å². The number of carbonyl (C=O) groups is 3. The van der Waals surface area contributed by atoms with E-state index in [4.69, 9.17) is 0 Å². The zero-order valence-electron chi connectivity index (χ0n) is 18.5. The molecule has 190 valence electrons. The number of ketones is 1. The predicted molar refractivity (Wildman–Crippen MR) is 122 cm³/mol. The molecule has 2 amide bonds. The summed E-state index contributed by atoms with van der Waals surface area (Å²) in [4.78, 5) is 41.1. The van der Waals surface area contributed by atoms with Crippen LogP contribution in [0, 0.1) is 5.92 Å². The van der Waals surface area contributed by atoms with Crippen LogP contribution in [0.15, 0.2) is 27.6 Å². The fourth-order valence-electron chi connectivity index (χ4n) is 3.65. The highest BCUT2D eigenvalue weighted by molar-refractivity contribution is 8.01. The van der Waals surface area contributed by atoms with Gasteiger partial charge in [0.1, 0.15) is 4.21 Å². The number of tetrazole rings is 1. The third-order valence-electron chi connectivity index (χ3n) is 5.37. The molecule has 1 aromatic carbocycles. The average Bonchev–Trinajstić information content (AvgIpc) is 3.55. The normalized spacial score (nSPS) is 14.1. The molecule has 0 radical (unpaired) electrons. The fraction of sp³-hybridized carbons (Fsp3) is 0.350. The van der Waals surface area contributed by atoms with Gasteiger partial charge in [0.25, 0.3) is 0 Å². The van der Waals surface area contributed by atoms with E-state index in [1.54, 1.807) is 7.05 Å². The number of aryl methyl sites for hydroxylation is 1. The van der Waals surface area contributed by atoms with Crippen molar-refractivity contribution in [1.82, 2.24) is 25.2 Å². The number of halogens is 3. The average molecular weight is 542 g/mol. The number of nitrogens with one attached hydrogen (secondary N) is 2. The summed E-state index contributed by atoms with van der Waals surface area (Å²) >= 11 is 1.78. The Morgan fingerprint density at radius 3 is 2.53 bits per heavy atom. The molecule has 3 N–H and O–H groups in total. The van der Waals surface area contributed by atoms with Gasteiger partial charge < -0.3 is 10.4 Å². The van der Waals surface area contributed by atoms with Crippen LogP contribution in [0.25, 0.3) is 0 Å². The molecule has 11 nitrogen and oxygen atoms in total. The van der Waals surface area contributed by atoms with E-state index >= 15 is 0 Å². The molecule has 4 rings (SSSR count). The molecule has 1 fully saturated rings. The lowest BCUT2D eigenvalue weighted by Gasteiger charge is -2.16. The number of hydrogen-bond acceptors (Lipinski definition) is 9. The number of alkyl halides is 3. The summed E-state index contributed by atoms with van der Waals surface area (Å²) < 4.78 is 41.3. The Bertz CT molecular complexity index is 1320. The molecule has 1 saturated carbocycles. The Kier molecular flexibility index (Phi) is 7.26. The molecule has 16 heteroatoms. The van der Waals surface area contributed by atoms with E-state index in [0.717, 1.165) is 54.1 Å². The van der Waals surface area contributed by atoms with E-state index in [0.29, 0.717) is 12.8 Å². The Hall–Kier alpha value is -3.53. The fourth-order valence-corrected chi connectivity index (χ4v) is 5.60. The number of carbonyl (C=O) groups excluding carboxylic acids is 2. The Morgan fingerprint density at radius 2 is 1.92 bits per heavy atom. The number of urea groups is 1. The van der Waals surface area contributed by atoms with Crippen LogP contribution in [0.2, 0.25) is 0 Å². The standard InChI is InChI=1S/C20H18F3N7O4S2/c1-30-19(27-28-29-30)36-16-13(15(32)33)25-18(35-16)26-17(34)24-12-7-6-10(20(21,22)23)8-11(12)14(31)9-4-2-3-5-9/h6-9H,2-5H2,1H3,(H,32,33)(H2,24,25,26,34). The molecule has 0 aliphatic heterocycles. The lowest BCUT2D eigenvalue weighted by Crippen LogP contribution is -2.23. The second-order valence-electron chi connectivity index (χ2n) is 7.83. The van der Waals surface area contributed by atoms with Gasteiger partial charge >= 0.3 is 18.2 Å². The minimum absolute atomic E-state index is 0.0851. The SMILES string of the molecule is Cn1nnnc1Sc1sc(NC(=O)Nc2ccc(C(F)(F)F)cc2C(=O)C2CCCC2)nc1C(=O)O. The molecule has 0 spiro atoms. The van der Waals surface area contributed by atoms with Gasteiger partial charge in [-0.3, -0.25) is 10.1 Å². The van der Waals surface area contributed by atoms with Crippen molar-refractivity contribution in [3.05, 3.63) is 35.0 Å². The van der Waals surface area contributed by atoms with Gasteiger partial charge in [0.15, 0.2) is 16.6 Å². The van der Waals surface area contributed by atoms with Gasteiger partial charge in [-0.25, -0.2) is 19.3 Å². The maximum atomic E-state index is 13.3. The van der Waals surface area contributed by atoms with Crippen molar-refractivity contribution >= 4 is 51.7 Å². The molecule has 2 heterocycles. The summed E-state index contributed by atoms with van der Waals surface area (Å²) in [6.45, 7) is 0. The summed E-state index contributed by atoms with van der Waals surface area (Å²) in [5, 5.41) is 25.3. The van der Waals surface area contributed by atoms with Crippen molar-refractivity contribution in [3.8, 4) is 0 Å². The van der Waals surface area contributed by atoms with Gasteiger partial charge in [-0.05, 0) is 53.2 Å². The second kappa shape index (κ2) is 10.2. The van der Waals surface area contributed by atoms with Crippen LogP contribution in [0.5, 0.6) is 0 Å². The number of benzene rings is 1. The maximum absolute atomic E-state index is 13.3. The van der Waals surface area contributed by atoms with E-state index in [2.05, 4.69) is 31.1 Å². The Labute approximate surface area is 209 Å². The Balaban J connectivity index is 1.56. The summed E-state index contributed by atoms with van der Waals surface area (Å²) in [6, 6.07) is 1.64. The number of hydrogen-bond donors (Lipinski definition) is 3. The number of nitrogens with zero attached hydrogens (tertiary/aromatic N) is 5. The monoisotopic (exact) mass is 541 g/mol. The lowest BCUT2D eigenvalue weighted by molar-refractivity contribution is -0.137. The van der Waals surface area contributed by atoms with E-state index < -0.39 is 35.4 Å². The highest BCUT2D eigenvalue weighted by Gasteiger charge is 2.33. The van der Waals surface area contributed by atoms with E-state index in [9.17, 15) is 32.7 Å². The zero-order valence-corrected chi connectivity index (χ0v) is 20.1. The summed E-state index contributed by atoms with van der Waals surface area (Å²) in [6.07, 6.45) is -1.91. The molecule has 0 saturated heterocycles. The first-order valence-corrected chi connectivity index (χ1v) is 12.1. The third-order valence-corrected chi connectivity index (χ3v) is 7.54. The van der Waals surface area contributed by atoms with Crippen LogP contribution in [0.4, 0.5) is 28.8 Å². The zero-order chi connectivity index (χ0) is 26.0. The van der Waals surface area contributed by atoms with Crippen LogP contribution in [0.1, 0.15) is 52.1 Å². The first-order valence-electron chi connectivity index (χ1n) is 10.5.